The summed E-state index contributed by atoms with van der Waals surface area (Å²) in [6, 6.07) is 7.74. The number of nitrogens with one attached hydrogen (secondary N) is 1. The number of amides is 1. The van der Waals surface area contributed by atoms with Crippen LogP contribution in [0.4, 0.5) is 0 Å². The fourth-order valence-corrected chi connectivity index (χ4v) is 7.66. The lowest BCUT2D eigenvalue weighted by Crippen LogP contribution is -2.69. The van der Waals surface area contributed by atoms with E-state index in [2.05, 4.69) is 10.8 Å². The molecule has 4 heterocycles. The van der Waals surface area contributed by atoms with E-state index in [1.807, 2.05) is 23.1 Å². The van der Waals surface area contributed by atoms with E-state index in [1.165, 1.54) is 5.56 Å². The molecule has 8 heteroatoms. The highest BCUT2D eigenvalue weighted by atomic mass is 32.2. The molecule has 1 saturated carbocycles. The van der Waals surface area contributed by atoms with Crippen molar-refractivity contribution in [2.75, 3.05) is 25.5 Å². The lowest BCUT2D eigenvalue weighted by atomic mass is 9.78. The van der Waals surface area contributed by atoms with Gasteiger partial charge in [0, 0.05) is 6.54 Å². The number of nitrogens with zero attached hydrogens (tertiary/aromatic N) is 1. The summed E-state index contributed by atoms with van der Waals surface area (Å²) in [6.45, 7) is 0.942. The Morgan fingerprint density at radius 3 is 2.65 bits per heavy atom. The molecule has 1 N–H and O–H groups in total. The Hall–Kier alpha value is -1.64. The molecule has 2 bridgehead atoms. The van der Waals surface area contributed by atoms with Crippen LogP contribution in [0.5, 0.6) is 5.75 Å². The number of para-hydroxylation sites is 1. The number of hydrogen-bond donors (Lipinski definition) is 1. The molecule has 5 aliphatic rings. The van der Waals surface area contributed by atoms with E-state index in [9.17, 15) is 13.2 Å². The third-order valence-electron chi connectivity index (χ3n) is 7.63. The quantitative estimate of drug-likeness (QED) is 0.659. The van der Waals surface area contributed by atoms with Gasteiger partial charge in [0.05, 0.1) is 30.0 Å². The Morgan fingerprint density at radius 1 is 1.06 bits per heavy atom. The average Bonchev–Trinajstić information content (AvgIpc) is 2.77. The second-order valence-corrected chi connectivity index (χ2v) is 11.4. The van der Waals surface area contributed by atoms with Gasteiger partial charge in [-0.05, 0) is 68.9 Å². The number of benzene rings is 1. The standard InChI is InChI=1S/C23H32N2O5S/c26-22-16-30-20-6-2-1-5-19(20)17-7-9-18(10-8-17)29-15-21-23(11-3-13-25(21)22)12-4-14-31(27,28)24-23/h1-2,5-6,17-18,21,24H,3-4,7-16H2/t17-,18+,21?,23?. The van der Waals surface area contributed by atoms with Gasteiger partial charge < -0.3 is 14.4 Å². The van der Waals surface area contributed by atoms with Crippen LogP contribution in [0, 0.1) is 0 Å². The van der Waals surface area contributed by atoms with Gasteiger partial charge in [-0.25, -0.2) is 13.1 Å². The Bertz CT molecular complexity index is 924. The Balaban J connectivity index is 1.47. The fourth-order valence-electron chi connectivity index (χ4n) is 6.07. The average molecular weight is 449 g/mol. The first-order valence-electron chi connectivity index (χ1n) is 11.6. The minimum atomic E-state index is -3.34. The molecular weight excluding hydrogens is 416 g/mol. The molecule has 6 rings (SSSR count). The van der Waals surface area contributed by atoms with Crippen molar-refractivity contribution >= 4 is 15.9 Å². The molecule has 2 atom stereocenters. The van der Waals surface area contributed by atoms with Crippen LogP contribution < -0.4 is 9.46 Å². The lowest BCUT2D eigenvalue weighted by Gasteiger charge is -2.51. The van der Waals surface area contributed by atoms with E-state index >= 15 is 0 Å². The minimum Gasteiger partial charge on any atom is -0.483 e. The summed E-state index contributed by atoms with van der Waals surface area (Å²) >= 11 is 0. The van der Waals surface area contributed by atoms with Gasteiger partial charge >= 0.3 is 0 Å². The van der Waals surface area contributed by atoms with Crippen molar-refractivity contribution in [2.45, 2.75) is 75.0 Å². The summed E-state index contributed by atoms with van der Waals surface area (Å²) in [7, 11) is -3.34. The smallest absolute Gasteiger partial charge is 0.260 e. The molecule has 1 aliphatic carbocycles. The molecule has 31 heavy (non-hydrogen) atoms. The van der Waals surface area contributed by atoms with Crippen LogP contribution in [0.25, 0.3) is 0 Å². The maximum Gasteiger partial charge on any atom is 0.260 e. The van der Waals surface area contributed by atoms with Crippen molar-refractivity contribution in [1.82, 2.24) is 9.62 Å². The topological polar surface area (TPSA) is 84.9 Å². The van der Waals surface area contributed by atoms with Crippen molar-refractivity contribution in [2.24, 2.45) is 0 Å². The van der Waals surface area contributed by atoms with Crippen LogP contribution >= 0.6 is 0 Å². The fraction of sp³-hybridized carbons (Fsp3) is 0.696. The van der Waals surface area contributed by atoms with Crippen molar-refractivity contribution in [3.8, 4) is 5.75 Å². The number of piperidine rings is 1. The highest BCUT2D eigenvalue weighted by Crippen LogP contribution is 2.40. The second kappa shape index (κ2) is 8.37. The number of carbonyl (C=O) groups is 1. The molecule has 3 fully saturated rings. The highest BCUT2D eigenvalue weighted by Gasteiger charge is 2.50. The highest BCUT2D eigenvalue weighted by molar-refractivity contribution is 7.89. The van der Waals surface area contributed by atoms with Crippen molar-refractivity contribution < 1.29 is 22.7 Å². The number of fused-ring (bicyclic) bond motifs is 5. The molecule has 0 radical (unpaired) electrons. The first kappa shape index (κ1) is 21.2. The third kappa shape index (κ3) is 4.22. The molecule has 1 aromatic rings. The summed E-state index contributed by atoms with van der Waals surface area (Å²) in [5, 5.41) is 0. The third-order valence-corrected chi connectivity index (χ3v) is 9.17. The summed E-state index contributed by atoms with van der Waals surface area (Å²) in [6.07, 6.45) is 7.02. The molecule has 7 nitrogen and oxygen atoms in total. The molecule has 0 aromatic heterocycles. The Morgan fingerprint density at radius 2 is 1.84 bits per heavy atom. The zero-order valence-electron chi connectivity index (χ0n) is 17.9. The second-order valence-electron chi connectivity index (χ2n) is 9.52. The van der Waals surface area contributed by atoms with Gasteiger partial charge in [0.25, 0.3) is 5.91 Å². The SMILES string of the molecule is O=C1COc2ccccc2[C@H]2CC[C@H](CC2)OCC2N1CCCC21CCCS(=O)(=O)N1. The predicted molar refractivity (Wildman–Crippen MR) is 117 cm³/mol. The monoisotopic (exact) mass is 448 g/mol. The van der Waals surface area contributed by atoms with E-state index in [0.29, 0.717) is 25.5 Å². The van der Waals surface area contributed by atoms with Crippen LogP contribution in [-0.4, -0.2) is 62.4 Å². The molecule has 170 valence electrons. The van der Waals surface area contributed by atoms with Crippen molar-refractivity contribution in [1.29, 1.82) is 0 Å². The minimum absolute atomic E-state index is 0.0352. The van der Waals surface area contributed by atoms with Gasteiger partial charge in [-0.1, -0.05) is 18.2 Å². The molecule has 2 saturated heterocycles. The molecule has 1 aromatic carbocycles. The zero-order valence-corrected chi connectivity index (χ0v) is 18.7. The van der Waals surface area contributed by atoms with Crippen LogP contribution in [0.1, 0.15) is 62.8 Å². The van der Waals surface area contributed by atoms with Gasteiger partial charge in [0.1, 0.15) is 5.75 Å². The first-order chi connectivity index (χ1) is 15.0. The predicted octanol–water partition coefficient (Wildman–Crippen LogP) is 2.56. The Kier molecular flexibility index (Phi) is 5.73. The number of carbonyl (C=O) groups excluding carboxylic acids is 1. The van der Waals surface area contributed by atoms with Crippen LogP contribution in [-0.2, 0) is 19.6 Å². The Labute approximate surface area is 184 Å². The maximum atomic E-state index is 13.3. The van der Waals surface area contributed by atoms with Gasteiger partial charge in [0.15, 0.2) is 6.61 Å². The van der Waals surface area contributed by atoms with Crippen LogP contribution in [0.2, 0.25) is 0 Å². The maximum absolute atomic E-state index is 13.3. The van der Waals surface area contributed by atoms with E-state index in [-0.39, 0.29) is 30.4 Å². The molecule has 1 spiro atoms. The molecule has 2 unspecified atom stereocenters. The largest absolute Gasteiger partial charge is 0.483 e. The van der Waals surface area contributed by atoms with E-state index in [4.69, 9.17) is 9.47 Å². The van der Waals surface area contributed by atoms with E-state index in [1.54, 1.807) is 0 Å². The van der Waals surface area contributed by atoms with E-state index < -0.39 is 15.6 Å². The molecular formula is C23H32N2O5S. The number of sulfonamides is 1. The molecule has 4 aliphatic heterocycles. The lowest BCUT2D eigenvalue weighted by molar-refractivity contribution is -0.144. The van der Waals surface area contributed by atoms with Gasteiger partial charge in [-0.2, -0.15) is 0 Å². The molecule has 1 amide bonds. The summed E-state index contributed by atoms with van der Waals surface area (Å²) in [5.41, 5.74) is 0.542. The summed E-state index contributed by atoms with van der Waals surface area (Å²) < 4.78 is 40.4. The van der Waals surface area contributed by atoms with Crippen LogP contribution in [0.15, 0.2) is 24.3 Å². The van der Waals surface area contributed by atoms with Gasteiger partial charge in [0.2, 0.25) is 10.0 Å². The van der Waals surface area contributed by atoms with Gasteiger partial charge in [-0.3, -0.25) is 4.79 Å². The van der Waals surface area contributed by atoms with Crippen LogP contribution in [0.3, 0.4) is 0 Å². The summed E-state index contributed by atoms with van der Waals surface area (Å²) in [5.74, 6) is 1.27. The van der Waals surface area contributed by atoms with Crippen molar-refractivity contribution in [3.05, 3.63) is 29.8 Å². The normalized spacial score (nSPS) is 35.8. The number of hydrogen-bond acceptors (Lipinski definition) is 5. The van der Waals surface area contributed by atoms with E-state index in [0.717, 1.165) is 50.7 Å². The number of ether oxygens (including phenoxy) is 2. The summed E-state index contributed by atoms with van der Waals surface area (Å²) in [4.78, 5) is 15.1. The van der Waals surface area contributed by atoms with Crippen molar-refractivity contribution in [3.63, 3.8) is 0 Å². The number of rotatable bonds is 0. The van der Waals surface area contributed by atoms with Gasteiger partial charge in [-0.15, -0.1) is 0 Å². The zero-order chi connectivity index (χ0) is 21.5. The first-order valence-corrected chi connectivity index (χ1v) is 13.3.